The van der Waals surface area contributed by atoms with Gasteiger partial charge in [-0.05, 0) is 36.4 Å². The maximum atomic E-state index is 4.60. The first kappa shape index (κ1) is 12.3. The van der Waals surface area contributed by atoms with Gasteiger partial charge in [-0.3, -0.25) is 0 Å². The Kier molecular flexibility index (Phi) is 2.94. The average Bonchev–Trinajstić information content (AvgIpc) is 3.03. The minimum absolute atomic E-state index is 0.905. The van der Waals surface area contributed by atoms with Gasteiger partial charge in [0, 0.05) is 10.2 Å². The molecule has 0 aliphatic carbocycles. The highest BCUT2D eigenvalue weighted by Gasteiger charge is 2.05. The molecule has 0 aliphatic heterocycles. The highest BCUT2D eigenvalue weighted by Crippen LogP contribution is 2.31. The predicted octanol–water partition coefficient (Wildman–Crippen LogP) is 5.41. The fraction of sp³-hybridized carbons (Fsp3) is 0. The molecule has 0 fully saturated rings. The number of anilines is 2. The molecule has 0 spiro atoms. The van der Waals surface area contributed by atoms with Gasteiger partial charge in [0.05, 0.1) is 25.9 Å². The van der Waals surface area contributed by atoms with E-state index in [4.69, 9.17) is 0 Å². The molecule has 4 rings (SSSR count). The maximum Gasteiger partial charge on any atom is 0.188 e. The molecule has 0 saturated carbocycles. The Morgan fingerprint density at radius 2 is 1.95 bits per heavy atom. The summed E-state index contributed by atoms with van der Waals surface area (Å²) in [6, 6.07) is 12.3. The Bertz CT molecular complexity index is 913. The van der Waals surface area contributed by atoms with E-state index in [9.17, 15) is 0 Å². The molecule has 20 heavy (non-hydrogen) atoms. The van der Waals surface area contributed by atoms with Gasteiger partial charge in [-0.15, -0.1) is 11.3 Å². The van der Waals surface area contributed by atoms with Crippen molar-refractivity contribution in [2.24, 2.45) is 0 Å². The number of hydrogen-bond acceptors (Lipinski definition) is 5. The number of rotatable bonds is 2. The van der Waals surface area contributed by atoms with Crippen molar-refractivity contribution in [2.75, 3.05) is 5.32 Å². The molecule has 6 heteroatoms. The average molecular weight is 362 g/mol. The zero-order chi connectivity index (χ0) is 13.5. The van der Waals surface area contributed by atoms with Crippen LogP contribution in [0.3, 0.4) is 0 Å². The molecule has 3 nitrogen and oxygen atoms in total. The smallest absolute Gasteiger partial charge is 0.188 e. The predicted molar refractivity (Wildman–Crippen MR) is 90.2 cm³/mol. The highest BCUT2D eigenvalue weighted by molar-refractivity contribution is 9.10. The fourth-order valence-electron chi connectivity index (χ4n) is 2.01. The SMILES string of the molecule is Brc1ccc2sc(Nc3ccc4ncsc4c3)nc2c1. The monoisotopic (exact) mass is 361 g/mol. The molecular formula is C14H8BrN3S2. The third kappa shape index (κ3) is 2.19. The van der Waals surface area contributed by atoms with Gasteiger partial charge in [-0.1, -0.05) is 27.3 Å². The molecule has 2 aromatic heterocycles. The lowest BCUT2D eigenvalue weighted by Gasteiger charge is -2.01. The third-order valence-electron chi connectivity index (χ3n) is 2.93. The first-order valence-corrected chi connectivity index (χ1v) is 8.43. The second kappa shape index (κ2) is 4.80. The first-order valence-electron chi connectivity index (χ1n) is 5.94. The van der Waals surface area contributed by atoms with Crippen LogP contribution in [0.4, 0.5) is 10.8 Å². The molecule has 0 atom stereocenters. The molecule has 1 N–H and O–H groups in total. The fourth-order valence-corrected chi connectivity index (χ4v) is 3.94. The number of hydrogen-bond donors (Lipinski definition) is 1. The van der Waals surface area contributed by atoms with Crippen LogP contribution in [0.2, 0.25) is 0 Å². The topological polar surface area (TPSA) is 37.8 Å². The number of fused-ring (bicyclic) bond motifs is 2. The van der Waals surface area contributed by atoms with Crippen LogP contribution in [0.1, 0.15) is 0 Å². The van der Waals surface area contributed by atoms with E-state index in [2.05, 4.69) is 43.3 Å². The van der Waals surface area contributed by atoms with Crippen molar-refractivity contribution in [3.8, 4) is 0 Å². The molecule has 4 aromatic rings. The maximum absolute atomic E-state index is 4.60. The summed E-state index contributed by atoms with van der Waals surface area (Å²) in [4.78, 5) is 8.89. The Morgan fingerprint density at radius 1 is 1.00 bits per heavy atom. The second-order valence-electron chi connectivity index (χ2n) is 4.29. The van der Waals surface area contributed by atoms with Crippen LogP contribution in [0, 0.1) is 0 Å². The van der Waals surface area contributed by atoms with Gasteiger partial charge >= 0.3 is 0 Å². The summed E-state index contributed by atoms with van der Waals surface area (Å²) >= 11 is 6.77. The quantitative estimate of drug-likeness (QED) is 0.518. The lowest BCUT2D eigenvalue weighted by Crippen LogP contribution is -1.88. The summed E-state index contributed by atoms with van der Waals surface area (Å²) in [5.74, 6) is 0. The van der Waals surface area contributed by atoms with E-state index in [1.807, 2.05) is 29.8 Å². The normalized spacial score (nSPS) is 11.2. The molecule has 0 saturated heterocycles. The largest absolute Gasteiger partial charge is 0.331 e. The molecule has 2 heterocycles. The van der Waals surface area contributed by atoms with Gasteiger partial charge < -0.3 is 5.32 Å². The number of halogens is 1. The summed E-state index contributed by atoms with van der Waals surface area (Å²) in [5.41, 5.74) is 4.95. The molecule has 0 amide bonds. The zero-order valence-electron chi connectivity index (χ0n) is 10.1. The molecule has 2 aromatic carbocycles. The molecule has 0 bridgehead atoms. The van der Waals surface area contributed by atoms with E-state index in [-0.39, 0.29) is 0 Å². The van der Waals surface area contributed by atoms with E-state index < -0.39 is 0 Å². The molecule has 0 unspecified atom stereocenters. The molecule has 98 valence electrons. The summed E-state index contributed by atoms with van der Waals surface area (Å²) in [6.07, 6.45) is 0. The van der Waals surface area contributed by atoms with Crippen molar-refractivity contribution in [3.05, 3.63) is 46.4 Å². The van der Waals surface area contributed by atoms with Crippen LogP contribution in [-0.2, 0) is 0 Å². The van der Waals surface area contributed by atoms with Crippen LogP contribution in [0.5, 0.6) is 0 Å². The molecule has 0 radical (unpaired) electrons. The van der Waals surface area contributed by atoms with Gasteiger partial charge in [0.1, 0.15) is 0 Å². The lowest BCUT2D eigenvalue weighted by molar-refractivity contribution is 1.44. The van der Waals surface area contributed by atoms with Gasteiger partial charge in [0.25, 0.3) is 0 Å². The van der Waals surface area contributed by atoms with E-state index in [1.165, 1.54) is 9.40 Å². The second-order valence-corrected chi connectivity index (χ2v) is 7.12. The minimum atomic E-state index is 0.905. The summed E-state index contributed by atoms with van der Waals surface area (Å²) in [5, 5.41) is 4.27. The zero-order valence-corrected chi connectivity index (χ0v) is 13.3. The number of benzene rings is 2. The Balaban J connectivity index is 1.72. The number of thiazole rings is 2. The number of nitrogens with zero attached hydrogens (tertiary/aromatic N) is 2. The van der Waals surface area contributed by atoms with Crippen LogP contribution in [0.15, 0.2) is 46.4 Å². The van der Waals surface area contributed by atoms with Gasteiger partial charge in [0.15, 0.2) is 5.13 Å². The summed E-state index contributed by atoms with van der Waals surface area (Å²) in [6.45, 7) is 0. The number of nitrogens with one attached hydrogen (secondary N) is 1. The highest BCUT2D eigenvalue weighted by atomic mass is 79.9. The van der Waals surface area contributed by atoms with Crippen molar-refractivity contribution in [1.82, 2.24) is 9.97 Å². The number of aromatic nitrogens is 2. The van der Waals surface area contributed by atoms with E-state index in [1.54, 1.807) is 22.7 Å². The van der Waals surface area contributed by atoms with Crippen molar-refractivity contribution in [1.29, 1.82) is 0 Å². The molecule has 0 aliphatic rings. The van der Waals surface area contributed by atoms with Gasteiger partial charge in [-0.2, -0.15) is 0 Å². The van der Waals surface area contributed by atoms with Crippen LogP contribution in [0.25, 0.3) is 20.4 Å². The van der Waals surface area contributed by atoms with Crippen molar-refractivity contribution < 1.29 is 0 Å². The third-order valence-corrected chi connectivity index (χ3v) is 5.17. The van der Waals surface area contributed by atoms with E-state index in [0.29, 0.717) is 0 Å². The first-order chi connectivity index (χ1) is 9.78. The van der Waals surface area contributed by atoms with E-state index in [0.717, 1.165) is 26.3 Å². The van der Waals surface area contributed by atoms with E-state index >= 15 is 0 Å². The summed E-state index contributed by atoms with van der Waals surface area (Å²) < 4.78 is 3.40. The van der Waals surface area contributed by atoms with Crippen LogP contribution in [-0.4, -0.2) is 9.97 Å². The Morgan fingerprint density at radius 3 is 2.90 bits per heavy atom. The standard InChI is InChI=1S/C14H8BrN3S2/c15-8-1-4-12-11(5-8)18-14(20-12)17-9-2-3-10-13(6-9)19-7-16-10/h1-7H,(H,17,18). The van der Waals surface area contributed by atoms with Crippen molar-refractivity contribution in [3.63, 3.8) is 0 Å². The van der Waals surface area contributed by atoms with Gasteiger partial charge in [-0.25, -0.2) is 9.97 Å². The Labute approximate surface area is 131 Å². The lowest BCUT2D eigenvalue weighted by atomic mass is 10.3. The van der Waals surface area contributed by atoms with Crippen molar-refractivity contribution >= 4 is 69.9 Å². The Hall–Kier alpha value is -1.50. The van der Waals surface area contributed by atoms with Gasteiger partial charge in [0.2, 0.25) is 0 Å². The van der Waals surface area contributed by atoms with Crippen LogP contribution >= 0.6 is 38.6 Å². The molecular weight excluding hydrogens is 354 g/mol. The van der Waals surface area contributed by atoms with Crippen LogP contribution < -0.4 is 5.32 Å². The summed E-state index contributed by atoms with van der Waals surface area (Å²) in [7, 11) is 0. The minimum Gasteiger partial charge on any atom is -0.331 e. The van der Waals surface area contributed by atoms with Crippen molar-refractivity contribution in [2.45, 2.75) is 0 Å².